The van der Waals surface area contributed by atoms with Crippen LogP contribution in [0.25, 0.3) is 0 Å². The third kappa shape index (κ3) is 4.60. The van der Waals surface area contributed by atoms with Crippen molar-refractivity contribution in [2.75, 3.05) is 11.6 Å². The molecule has 0 radical (unpaired) electrons. The summed E-state index contributed by atoms with van der Waals surface area (Å²) in [4.78, 5) is 0. The summed E-state index contributed by atoms with van der Waals surface area (Å²) in [6.07, 6.45) is 9.63. The maximum absolute atomic E-state index is 12.4. The number of hydrogen-bond acceptors (Lipinski definition) is 2. The fourth-order valence-corrected chi connectivity index (χ4v) is 6.00. The van der Waals surface area contributed by atoms with E-state index in [0.29, 0.717) is 23.5 Å². The Labute approximate surface area is 128 Å². The number of rotatable bonds is 5. The molecule has 2 aliphatic rings. The van der Waals surface area contributed by atoms with Crippen molar-refractivity contribution in [2.24, 2.45) is 11.8 Å². The van der Waals surface area contributed by atoms with Crippen molar-refractivity contribution in [2.45, 2.75) is 70.3 Å². The Kier molecular flexibility index (Phi) is 5.78. The van der Waals surface area contributed by atoms with E-state index in [4.69, 9.17) is 11.6 Å². The molecule has 0 aromatic carbocycles. The van der Waals surface area contributed by atoms with Crippen LogP contribution in [0.1, 0.15) is 64.7 Å². The van der Waals surface area contributed by atoms with Crippen LogP contribution in [-0.2, 0) is 10.0 Å². The van der Waals surface area contributed by atoms with Gasteiger partial charge in [0.15, 0.2) is 0 Å². The van der Waals surface area contributed by atoms with Gasteiger partial charge in [0.2, 0.25) is 10.0 Å². The smallest absolute Gasteiger partial charge is 0.212 e. The van der Waals surface area contributed by atoms with Gasteiger partial charge in [-0.25, -0.2) is 13.1 Å². The summed E-state index contributed by atoms with van der Waals surface area (Å²) in [5.41, 5.74) is -0.387. The maximum Gasteiger partial charge on any atom is 0.212 e. The number of halogens is 1. The Bertz CT molecular complexity index is 396. The van der Waals surface area contributed by atoms with Gasteiger partial charge >= 0.3 is 0 Å². The molecule has 0 aliphatic heterocycles. The van der Waals surface area contributed by atoms with E-state index in [-0.39, 0.29) is 5.54 Å². The molecule has 3 nitrogen and oxygen atoms in total. The van der Waals surface area contributed by atoms with Gasteiger partial charge in [-0.1, -0.05) is 26.2 Å². The van der Waals surface area contributed by atoms with Crippen molar-refractivity contribution in [3.8, 4) is 0 Å². The Morgan fingerprint density at radius 3 is 2.25 bits per heavy atom. The van der Waals surface area contributed by atoms with Gasteiger partial charge in [-0.05, 0) is 50.4 Å². The minimum atomic E-state index is -3.20. The first-order valence-electron chi connectivity index (χ1n) is 8.02. The summed E-state index contributed by atoms with van der Waals surface area (Å²) < 4.78 is 27.9. The van der Waals surface area contributed by atoms with Crippen molar-refractivity contribution in [1.29, 1.82) is 0 Å². The highest BCUT2D eigenvalue weighted by atomic mass is 35.5. The van der Waals surface area contributed by atoms with E-state index in [9.17, 15) is 8.42 Å². The zero-order chi connectivity index (χ0) is 14.6. The summed E-state index contributed by atoms with van der Waals surface area (Å²) in [5.74, 6) is 1.72. The van der Waals surface area contributed by atoms with E-state index in [1.807, 2.05) is 0 Å². The summed E-state index contributed by atoms with van der Waals surface area (Å²) in [6.45, 7) is 2.23. The SMILES string of the molecule is CC1CCC(CCl)(NS(=O)(=O)CC2CCCCC2)CC1. The van der Waals surface area contributed by atoms with E-state index in [0.717, 1.165) is 38.5 Å². The molecule has 2 fully saturated rings. The first kappa shape index (κ1) is 16.6. The molecule has 2 rings (SSSR count). The zero-order valence-corrected chi connectivity index (χ0v) is 14.1. The largest absolute Gasteiger partial charge is 0.212 e. The standard InChI is InChI=1S/C15H28ClNO2S/c1-13-7-9-15(12-16,10-8-13)17-20(18,19)11-14-5-3-2-4-6-14/h13-14,17H,2-12H2,1H3. The minimum absolute atomic E-state index is 0.293. The molecule has 0 amide bonds. The normalized spacial score (nSPS) is 33.2. The lowest BCUT2D eigenvalue weighted by atomic mass is 9.79. The summed E-state index contributed by atoms with van der Waals surface area (Å²) in [6, 6.07) is 0. The van der Waals surface area contributed by atoms with Gasteiger partial charge in [0.1, 0.15) is 0 Å². The Morgan fingerprint density at radius 1 is 1.10 bits per heavy atom. The summed E-state index contributed by atoms with van der Waals surface area (Å²) in [5, 5.41) is 0. The molecule has 0 atom stereocenters. The number of hydrogen-bond donors (Lipinski definition) is 1. The molecule has 0 saturated heterocycles. The Balaban J connectivity index is 1.94. The van der Waals surface area contributed by atoms with Gasteiger partial charge in [-0.3, -0.25) is 0 Å². The van der Waals surface area contributed by atoms with Crippen molar-refractivity contribution < 1.29 is 8.42 Å². The minimum Gasteiger partial charge on any atom is -0.212 e. The quantitative estimate of drug-likeness (QED) is 0.785. The fraction of sp³-hybridized carbons (Fsp3) is 1.00. The second-order valence-electron chi connectivity index (χ2n) is 6.98. The third-order valence-corrected chi connectivity index (χ3v) is 7.20. The van der Waals surface area contributed by atoms with Crippen LogP contribution in [0.5, 0.6) is 0 Å². The molecule has 0 bridgehead atoms. The first-order valence-corrected chi connectivity index (χ1v) is 10.2. The maximum atomic E-state index is 12.4. The molecular weight excluding hydrogens is 294 g/mol. The van der Waals surface area contributed by atoms with E-state index in [2.05, 4.69) is 11.6 Å². The predicted octanol–water partition coefficient (Wildman–Crippen LogP) is 3.67. The molecule has 2 saturated carbocycles. The van der Waals surface area contributed by atoms with Crippen molar-refractivity contribution in [1.82, 2.24) is 4.72 Å². The molecule has 0 unspecified atom stereocenters. The molecular formula is C15H28ClNO2S. The number of nitrogens with one attached hydrogen (secondary N) is 1. The molecule has 20 heavy (non-hydrogen) atoms. The van der Waals surface area contributed by atoms with Gasteiger partial charge in [-0.15, -0.1) is 11.6 Å². The lowest BCUT2D eigenvalue weighted by Crippen LogP contribution is -2.53. The monoisotopic (exact) mass is 321 g/mol. The number of sulfonamides is 1. The van der Waals surface area contributed by atoms with Gasteiger partial charge < -0.3 is 0 Å². The van der Waals surface area contributed by atoms with Gasteiger partial charge in [-0.2, -0.15) is 0 Å². The first-order chi connectivity index (χ1) is 9.45. The van der Waals surface area contributed by atoms with Crippen LogP contribution in [0.15, 0.2) is 0 Å². The van der Waals surface area contributed by atoms with Gasteiger partial charge in [0.05, 0.1) is 5.75 Å². The van der Waals surface area contributed by atoms with Gasteiger partial charge in [0.25, 0.3) is 0 Å². The summed E-state index contributed by atoms with van der Waals surface area (Å²) in [7, 11) is -3.20. The average molecular weight is 322 g/mol. The van der Waals surface area contributed by atoms with Crippen molar-refractivity contribution >= 4 is 21.6 Å². The second-order valence-corrected chi connectivity index (χ2v) is 9.02. The molecule has 1 N–H and O–H groups in total. The summed E-state index contributed by atoms with van der Waals surface area (Å²) >= 11 is 6.11. The molecule has 0 aromatic heterocycles. The topological polar surface area (TPSA) is 46.2 Å². The zero-order valence-electron chi connectivity index (χ0n) is 12.5. The van der Waals surface area contributed by atoms with Crippen LogP contribution >= 0.6 is 11.6 Å². The van der Waals surface area contributed by atoms with Gasteiger partial charge in [0, 0.05) is 11.4 Å². The third-order valence-electron chi connectivity index (χ3n) is 5.04. The van der Waals surface area contributed by atoms with Crippen LogP contribution in [-0.4, -0.2) is 25.6 Å². The van der Waals surface area contributed by atoms with Crippen LogP contribution < -0.4 is 4.72 Å². The van der Waals surface area contributed by atoms with E-state index in [1.54, 1.807) is 0 Å². The lowest BCUT2D eigenvalue weighted by molar-refractivity contribution is 0.246. The highest BCUT2D eigenvalue weighted by Gasteiger charge is 2.37. The Hall–Kier alpha value is 0.200. The molecule has 5 heteroatoms. The predicted molar refractivity (Wildman–Crippen MR) is 84.6 cm³/mol. The van der Waals surface area contributed by atoms with Crippen LogP contribution in [0.4, 0.5) is 0 Å². The van der Waals surface area contributed by atoms with Crippen LogP contribution in [0.2, 0.25) is 0 Å². The van der Waals surface area contributed by atoms with E-state index in [1.165, 1.54) is 19.3 Å². The fourth-order valence-electron chi connectivity index (χ4n) is 3.61. The molecule has 118 valence electrons. The molecule has 0 spiro atoms. The van der Waals surface area contributed by atoms with Crippen molar-refractivity contribution in [3.05, 3.63) is 0 Å². The molecule has 0 aromatic rings. The highest BCUT2D eigenvalue weighted by molar-refractivity contribution is 7.89. The van der Waals surface area contributed by atoms with Crippen molar-refractivity contribution in [3.63, 3.8) is 0 Å². The van der Waals surface area contributed by atoms with Crippen LogP contribution in [0, 0.1) is 11.8 Å². The van der Waals surface area contributed by atoms with Crippen LogP contribution in [0.3, 0.4) is 0 Å². The lowest BCUT2D eigenvalue weighted by Gasteiger charge is -2.38. The molecule has 2 aliphatic carbocycles. The van der Waals surface area contributed by atoms with E-state index >= 15 is 0 Å². The van der Waals surface area contributed by atoms with E-state index < -0.39 is 10.0 Å². The Morgan fingerprint density at radius 2 is 1.70 bits per heavy atom. The molecule has 0 heterocycles. The second kappa shape index (κ2) is 6.97. The highest BCUT2D eigenvalue weighted by Crippen LogP contribution is 2.34. The number of alkyl halides is 1. The average Bonchev–Trinajstić information content (AvgIpc) is 2.42.